The Balaban J connectivity index is 0.706. The number of rotatable bonds is 31. The molecule has 1 amide bonds. The van der Waals surface area contributed by atoms with E-state index in [0.29, 0.717) is 42.9 Å². The molecule has 0 saturated heterocycles. The molecule has 1 heterocycles. The van der Waals surface area contributed by atoms with E-state index in [-0.39, 0.29) is 5.91 Å². The molecule has 11 aromatic carbocycles. The molecule has 0 spiro atoms. The van der Waals surface area contributed by atoms with Crippen molar-refractivity contribution in [1.82, 2.24) is 0 Å². The number of methoxy groups -OCH3 is 1. The van der Waals surface area contributed by atoms with Crippen molar-refractivity contribution in [2.45, 2.75) is 206 Å². The van der Waals surface area contributed by atoms with Crippen LogP contribution in [0.3, 0.4) is 0 Å². The molecule has 1 N–H and O–H groups in total. The number of carbonyl (C=O) groups is 1. The van der Waals surface area contributed by atoms with Crippen LogP contribution in [0.25, 0.3) is 72.1 Å². The van der Waals surface area contributed by atoms with E-state index in [1.807, 2.05) is 36.4 Å². The van der Waals surface area contributed by atoms with Crippen LogP contribution in [0.2, 0.25) is 0 Å². The molecule has 110 heavy (non-hydrogen) atoms. The highest BCUT2D eigenvalue weighted by Gasteiger charge is 2.45. The smallest absolute Gasteiger partial charge is 0.255 e. The van der Waals surface area contributed by atoms with E-state index in [9.17, 15) is 4.79 Å². The summed E-state index contributed by atoms with van der Waals surface area (Å²) in [4.78, 5) is 14.2. The molecule has 11 aromatic rings. The Hall–Kier alpha value is -9.85. The Bertz CT molecular complexity index is 4960. The summed E-state index contributed by atoms with van der Waals surface area (Å²) in [5.41, 5.74) is 18.8. The third-order valence-electron chi connectivity index (χ3n) is 25.0. The van der Waals surface area contributed by atoms with Gasteiger partial charge in [0, 0.05) is 44.1 Å². The summed E-state index contributed by atoms with van der Waals surface area (Å²) < 4.78 is 33.6. The maximum Gasteiger partial charge on any atom is 0.255 e. The van der Waals surface area contributed by atoms with Gasteiger partial charge in [-0.25, -0.2) is 0 Å². The van der Waals surface area contributed by atoms with E-state index in [2.05, 4.69) is 235 Å². The number of benzene rings is 11. The SMILES string of the molecule is CCCCCC1CCC(c2ccc(-c3ccc(OCCCCCCOc4cccc5c4c(-c4ccc(NC(=O)c6ccc(-c7ccc(C8CCC(CCCCC)CC8)cc7)cc6)cc4)cc4c6c(c7c(c45)OC(c4ccc(OC)cc4)(c4ccc(OCCCC)cc4)C=C7)C(C)(C)c4cc(C)ccc4-6)cc3)cc2)CC1. The zero-order chi connectivity index (χ0) is 75.6. The third-order valence-corrected chi connectivity index (χ3v) is 25.0. The average molecular weight is 1460 g/mol. The van der Waals surface area contributed by atoms with Crippen molar-refractivity contribution in [3.8, 4) is 73.3 Å². The molecule has 566 valence electrons. The van der Waals surface area contributed by atoms with Crippen LogP contribution < -0.4 is 29.0 Å². The van der Waals surface area contributed by atoms with E-state index >= 15 is 0 Å². The normalized spacial score (nSPS) is 18.3. The Labute approximate surface area is 655 Å². The summed E-state index contributed by atoms with van der Waals surface area (Å²) in [6.07, 6.45) is 32.1. The van der Waals surface area contributed by atoms with Crippen molar-refractivity contribution in [2.24, 2.45) is 11.8 Å². The average Bonchev–Trinajstić information content (AvgIpc) is 1.45. The number of hydrogen-bond donors (Lipinski definition) is 1. The van der Waals surface area contributed by atoms with Crippen molar-refractivity contribution in [2.75, 3.05) is 32.2 Å². The van der Waals surface area contributed by atoms with E-state index < -0.39 is 11.0 Å². The Morgan fingerprint density at radius 1 is 0.473 bits per heavy atom. The molecule has 4 aliphatic rings. The lowest BCUT2D eigenvalue weighted by molar-refractivity contribution is 0.102. The number of ether oxygens (including phenoxy) is 5. The summed E-state index contributed by atoms with van der Waals surface area (Å²) in [5.74, 6) is 7.14. The fourth-order valence-electron chi connectivity index (χ4n) is 18.6. The zero-order valence-corrected chi connectivity index (χ0v) is 66.3. The Morgan fingerprint density at radius 2 is 0.982 bits per heavy atom. The van der Waals surface area contributed by atoms with Crippen LogP contribution in [-0.4, -0.2) is 32.8 Å². The molecule has 1 aliphatic heterocycles. The first-order chi connectivity index (χ1) is 53.9. The molecule has 1 unspecified atom stereocenters. The van der Waals surface area contributed by atoms with Crippen LogP contribution in [0.1, 0.15) is 243 Å². The van der Waals surface area contributed by atoms with Crippen molar-refractivity contribution in [1.29, 1.82) is 0 Å². The van der Waals surface area contributed by atoms with E-state index in [0.717, 1.165) is 134 Å². The first-order valence-corrected chi connectivity index (χ1v) is 42.0. The molecule has 0 radical (unpaired) electrons. The lowest BCUT2D eigenvalue weighted by Gasteiger charge is -2.39. The minimum atomic E-state index is -1.05. The van der Waals surface area contributed by atoms with Crippen LogP contribution in [-0.2, 0) is 11.0 Å². The van der Waals surface area contributed by atoms with Crippen molar-refractivity contribution in [3.63, 3.8) is 0 Å². The molecule has 1 atom stereocenters. The number of unbranched alkanes of at least 4 members (excludes halogenated alkanes) is 8. The predicted molar refractivity (Wildman–Crippen MR) is 458 cm³/mol. The molecule has 2 saturated carbocycles. The second kappa shape index (κ2) is 34.6. The summed E-state index contributed by atoms with van der Waals surface area (Å²) >= 11 is 0. The fourth-order valence-corrected chi connectivity index (χ4v) is 18.6. The molecule has 0 aromatic heterocycles. The van der Waals surface area contributed by atoms with Gasteiger partial charge < -0.3 is 29.0 Å². The minimum absolute atomic E-state index is 0.154. The maximum absolute atomic E-state index is 14.2. The maximum atomic E-state index is 14.2. The lowest BCUT2D eigenvalue weighted by atomic mass is 9.76. The van der Waals surface area contributed by atoms with Crippen LogP contribution in [0.5, 0.6) is 28.7 Å². The molecule has 0 bridgehead atoms. The van der Waals surface area contributed by atoms with Gasteiger partial charge in [0.1, 0.15) is 28.7 Å². The van der Waals surface area contributed by atoms with Gasteiger partial charge in [0.15, 0.2) is 5.60 Å². The predicted octanol–water partition coefficient (Wildman–Crippen LogP) is 28.1. The highest BCUT2D eigenvalue weighted by molar-refractivity contribution is 6.23. The second-order valence-electron chi connectivity index (χ2n) is 32.7. The highest BCUT2D eigenvalue weighted by atomic mass is 16.5. The van der Waals surface area contributed by atoms with Crippen LogP contribution >= 0.6 is 0 Å². The zero-order valence-electron chi connectivity index (χ0n) is 66.3. The summed E-state index contributed by atoms with van der Waals surface area (Å²) in [5, 5.41) is 7.41. The minimum Gasteiger partial charge on any atom is -0.497 e. The standard InChI is InChI=1S/C103H113NO6/c1-8-11-16-21-71-26-30-73(31-27-71)75-34-38-77(39-35-75)79-42-44-82(45-43-79)101(105)104-85-54-46-81(47-55-85)92-69-93-97-89-62-25-70(4)68-94(89)102(5,6)99(97)91-63-64-103(83-50-58-86(106-7)59-51-83,84-52-60-88(61-53-84)107-65-13-10-3)110-100(91)98(93)90-23-20-24-95(96(90)92)109-67-19-15-14-18-66-108-87-56-48-80(49-57-87)78-40-36-76(37-41-78)74-32-28-72(29-33-74)22-17-12-9-2/h20,23-25,34-64,68-69,71-74H,8-19,21-22,26-33,65-67H2,1-7H3,(H,104,105). The van der Waals surface area contributed by atoms with Crippen LogP contribution in [0, 0.1) is 18.8 Å². The first kappa shape index (κ1) is 75.6. The number of carbonyl (C=O) groups excluding carboxylic acids is 1. The number of amides is 1. The van der Waals surface area contributed by atoms with Gasteiger partial charge in [0.05, 0.1) is 26.9 Å². The van der Waals surface area contributed by atoms with Gasteiger partial charge in [-0.1, -0.05) is 244 Å². The van der Waals surface area contributed by atoms with Gasteiger partial charge >= 0.3 is 0 Å². The number of anilines is 1. The largest absolute Gasteiger partial charge is 0.497 e. The van der Waals surface area contributed by atoms with E-state index in [4.69, 9.17) is 23.7 Å². The van der Waals surface area contributed by atoms with Gasteiger partial charge in [0.2, 0.25) is 0 Å². The van der Waals surface area contributed by atoms with Gasteiger partial charge in [-0.05, 0) is 270 Å². The molecule has 3 aliphatic carbocycles. The summed E-state index contributed by atoms with van der Waals surface area (Å²) in [7, 11) is 1.71. The number of fused-ring (bicyclic) bond motifs is 10. The first-order valence-electron chi connectivity index (χ1n) is 42.0. The fraction of sp³-hybridized carbons (Fsp3) is 0.369. The van der Waals surface area contributed by atoms with Crippen LogP contribution in [0.15, 0.2) is 218 Å². The van der Waals surface area contributed by atoms with Crippen molar-refractivity contribution >= 4 is 39.2 Å². The molecule has 7 nitrogen and oxygen atoms in total. The number of nitrogens with one attached hydrogen (secondary N) is 1. The van der Waals surface area contributed by atoms with Crippen molar-refractivity contribution in [3.05, 3.63) is 268 Å². The molecule has 15 rings (SSSR count). The quantitative estimate of drug-likeness (QED) is 0.0345. The van der Waals surface area contributed by atoms with Gasteiger partial charge in [-0.2, -0.15) is 0 Å². The summed E-state index contributed by atoms with van der Waals surface area (Å²) in [6.45, 7) is 15.6. The topological polar surface area (TPSA) is 75.3 Å². The lowest BCUT2D eigenvalue weighted by Crippen LogP contribution is -2.35. The van der Waals surface area contributed by atoms with Crippen LogP contribution in [0.4, 0.5) is 5.69 Å². The van der Waals surface area contributed by atoms with E-state index in [1.165, 1.54) is 158 Å². The molecule has 2 fully saturated rings. The Morgan fingerprint density at radius 3 is 1.54 bits per heavy atom. The Kier molecular flexibility index (Phi) is 23.8. The van der Waals surface area contributed by atoms with Gasteiger partial charge in [0.25, 0.3) is 5.91 Å². The number of hydrogen-bond acceptors (Lipinski definition) is 6. The monoisotopic (exact) mass is 1460 g/mol. The van der Waals surface area contributed by atoms with Gasteiger partial charge in [-0.3, -0.25) is 4.79 Å². The van der Waals surface area contributed by atoms with Crippen molar-refractivity contribution < 1.29 is 28.5 Å². The summed E-state index contributed by atoms with van der Waals surface area (Å²) in [6, 6.07) is 76.4. The third kappa shape index (κ3) is 16.3. The molecular formula is C103H113NO6. The van der Waals surface area contributed by atoms with E-state index in [1.54, 1.807) is 7.11 Å². The molecular weight excluding hydrogens is 1350 g/mol. The second-order valence-corrected chi connectivity index (χ2v) is 32.7. The highest BCUT2D eigenvalue weighted by Crippen LogP contribution is 2.61. The molecule has 7 heteroatoms. The number of aryl methyl sites for hydroxylation is 1. The van der Waals surface area contributed by atoms with Gasteiger partial charge in [-0.15, -0.1) is 0 Å².